The molecule has 1 aliphatic rings. The number of halogens is 3. The number of aryl methyl sites for hydroxylation is 1. The highest BCUT2D eigenvalue weighted by molar-refractivity contribution is 6.31. The fourth-order valence-electron chi connectivity index (χ4n) is 2.11. The average Bonchev–Trinajstić information content (AvgIpc) is 2.25. The van der Waals surface area contributed by atoms with E-state index in [1.54, 1.807) is 6.07 Å². The molecule has 0 radical (unpaired) electrons. The van der Waals surface area contributed by atoms with Gasteiger partial charge in [-0.3, -0.25) is 0 Å². The second-order valence-electron chi connectivity index (χ2n) is 4.33. The van der Waals surface area contributed by atoms with Crippen molar-refractivity contribution in [2.75, 3.05) is 7.11 Å². The van der Waals surface area contributed by atoms with Crippen LogP contribution >= 0.6 is 11.6 Å². The van der Waals surface area contributed by atoms with E-state index in [0.29, 0.717) is 22.9 Å². The third-order valence-corrected chi connectivity index (χ3v) is 3.43. The molecule has 0 aliphatic heterocycles. The maximum atomic E-state index is 12.9. The van der Waals surface area contributed by atoms with Crippen molar-refractivity contribution in [2.45, 2.75) is 38.0 Å². The van der Waals surface area contributed by atoms with Gasteiger partial charge in [0.2, 0.25) is 11.8 Å². The lowest BCUT2D eigenvalue weighted by Crippen LogP contribution is -2.34. The van der Waals surface area contributed by atoms with Crippen LogP contribution in [0.2, 0.25) is 5.02 Å². The van der Waals surface area contributed by atoms with Crippen LogP contribution in [-0.2, 0) is 6.42 Å². The zero-order chi connectivity index (χ0) is 12.6. The molecule has 2 nitrogen and oxygen atoms in total. The Balaban J connectivity index is 2.31. The fraction of sp³-hybridized carbons (Fsp3) is 0.583. The molecule has 1 fully saturated rings. The first-order chi connectivity index (χ1) is 7.96. The van der Waals surface area contributed by atoms with Crippen LogP contribution in [0, 0.1) is 0 Å². The molecule has 1 aromatic rings. The largest absolute Gasteiger partial charge is 0.481 e. The predicted molar refractivity (Wildman–Crippen MR) is 62.1 cm³/mol. The first-order valence-corrected chi connectivity index (χ1v) is 5.95. The van der Waals surface area contributed by atoms with Crippen LogP contribution in [0.3, 0.4) is 0 Å². The minimum absolute atomic E-state index is 0.146. The highest BCUT2D eigenvalue weighted by Crippen LogP contribution is 2.50. The van der Waals surface area contributed by atoms with E-state index in [9.17, 15) is 8.78 Å². The van der Waals surface area contributed by atoms with E-state index in [1.165, 1.54) is 7.11 Å². The van der Waals surface area contributed by atoms with Gasteiger partial charge in [-0.15, -0.1) is 0 Å². The van der Waals surface area contributed by atoms with Gasteiger partial charge in [-0.1, -0.05) is 18.5 Å². The lowest BCUT2D eigenvalue weighted by molar-refractivity contribution is -0.0871. The second-order valence-corrected chi connectivity index (χ2v) is 4.74. The van der Waals surface area contributed by atoms with Gasteiger partial charge >= 0.3 is 0 Å². The number of aromatic nitrogens is 1. The van der Waals surface area contributed by atoms with Crippen molar-refractivity contribution in [2.24, 2.45) is 0 Å². The Morgan fingerprint density at radius 1 is 1.53 bits per heavy atom. The third kappa shape index (κ3) is 2.37. The summed E-state index contributed by atoms with van der Waals surface area (Å²) in [5.74, 6) is -2.33. The zero-order valence-electron chi connectivity index (χ0n) is 9.77. The molecule has 2 rings (SSSR count). The van der Waals surface area contributed by atoms with E-state index in [0.717, 1.165) is 5.69 Å². The Labute approximate surface area is 104 Å². The lowest BCUT2D eigenvalue weighted by atomic mass is 9.77. The molecule has 1 saturated carbocycles. The van der Waals surface area contributed by atoms with Gasteiger partial charge in [0, 0.05) is 24.3 Å². The summed E-state index contributed by atoms with van der Waals surface area (Å²) in [4.78, 5) is 4.26. The summed E-state index contributed by atoms with van der Waals surface area (Å²) in [7, 11) is 1.50. The molecule has 0 amide bonds. The molecule has 5 heteroatoms. The third-order valence-electron chi connectivity index (χ3n) is 3.10. The topological polar surface area (TPSA) is 22.1 Å². The van der Waals surface area contributed by atoms with Gasteiger partial charge in [0.25, 0.3) is 0 Å². The average molecular weight is 262 g/mol. The van der Waals surface area contributed by atoms with E-state index >= 15 is 0 Å². The Hall–Kier alpha value is -0.900. The lowest BCUT2D eigenvalue weighted by Gasteiger charge is -2.35. The SMILES string of the molecule is CCc1nc(OC)c(C2CC(F)(F)C2)cc1Cl. The molecular weight excluding hydrogens is 248 g/mol. The molecule has 0 atom stereocenters. The smallest absolute Gasteiger partial charge is 0.249 e. The minimum Gasteiger partial charge on any atom is -0.481 e. The van der Waals surface area contributed by atoms with Crippen molar-refractivity contribution in [3.63, 3.8) is 0 Å². The monoisotopic (exact) mass is 261 g/mol. The van der Waals surface area contributed by atoms with E-state index < -0.39 is 5.92 Å². The summed E-state index contributed by atoms with van der Waals surface area (Å²) >= 11 is 6.05. The van der Waals surface area contributed by atoms with Crippen LogP contribution in [0.4, 0.5) is 8.78 Å². The molecule has 0 saturated heterocycles. The van der Waals surface area contributed by atoms with Crippen LogP contribution in [0.15, 0.2) is 6.07 Å². The molecule has 17 heavy (non-hydrogen) atoms. The van der Waals surface area contributed by atoms with E-state index in [2.05, 4.69) is 4.98 Å². The summed E-state index contributed by atoms with van der Waals surface area (Å²) in [6.45, 7) is 1.94. The molecule has 0 bridgehead atoms. The van der Waals surface area contributed by atoms with E-state index in [1.807, 2.05) is 6.92 Å². The van der Waals surface area contributed by atoms with Gasteiger partial charge < -0.3 is 4.74 Å². The molecule has 0 N–H and O–H groups in total. The van der Waals surface area contributed by atoms with Crippen LogP contribution in [-0.4, -0.2) is 18.0 Å². The van der Waals surface area contributed by atoms with Crippen LogP contribution in [0.5, 0.6) is 5.88 Å². The number of hydrogen-bond acceptors (Lipinski definition) is 2. The van der Waals surface area contributed by atoms with Crippen molar-refractivity contribution in [3.8, 4) is 5.88 Å². The standard InChI is InChI=1S/C12H14ClF2NO/c1-3-10-9(13)4-8(11(16-10)17-2)7-5-12(14,15)6-7/h4,7H,3,5-6H2,1-2H3. The van der Waals surface area contributed by atoms with Crippen molar-refractivity contribution in [3.05, 3.63) is 22.3 Å². The first kappa shape index (κ1) is 12.6. The van der Waals surface area contributed by atoms with Crippen molar-refractivity contribution in [1.82, 2.24) is 4.98 Å². The highest BCUT2D eigenvalue weighted by atomic mass is 35.5. The number of nitrogens with zero attached hydrogens (tertiary/aromatic N) is 1. The van der Waals surface area contributed by atoms with Gasteiger partial charge in [0.1, 0.15) is 0 Å². The summed E-state index contributed by atoms with van der Waals surface area (Å²) in [6.07, 6.45) is 0.399. The number of pyridine rings is 1. The maximum Gasteiger partial charge on any atom is 0.249 e. The zero-order valence-corrected chi connectivity index (χ0v) is 10.5. The molecule has 94 valence electrons. The Morgan fingerprint density at radius 3 is 2.65 bits per heavy atom. The van der Waals surface area contributed by atoms with Gasteiger partial charge in [0.15, 0.2) is 0 Å². The number of ether oxygens (including phenoxy) is 1. The Bertz CT molecular complexity index is 429. The fourth-order valence-corrected chi connectivity index (χ4v) is 2.40. The van der Waals surface area contributed by atoms with Gasteiger partial charge in [-0.2, -0.15) is 0 Å². The van der Waals surface area contributed by atoms with Gasteiger partial charge in [0.05, 0.1) is 17.8 Å². The maximum absolute atomic E-state index is 12.9. The number of alkyl halides is 2. The van der Waals surface area contributed by atoms with Crippen LogP contribution in [0.25, 0.3) is 0 Å². The second kappa shape index (κ2) is 4.41. The number of rotatable bonds is 3. The van der Waals surface area contributed by atoms with Crippen LogP contribution in [0.1, 0.15) is 36.9 Å². The van der Waals surface area contributed by atoms with Crippen molar-refractivity contribution >= 4 is 11.6 Å². The summed E-state index contributed by atoms with van der Waals surface area (Å²) < 4.78 is 30.9. The molecule has 1 heterocycles. The van der Waals surface area contributed by atoms with Crippen molar-refractivity contribution in [1.29, 1.82) is 0 Å². The van der Waals surface area contributed by atoms with E-state index in [-0.39, 0.29) is 18.8 Å². The Morgan fingerprint density at radius 2 is 2.18 bits per heavy atom. The molecular formula is C12H14ClF2NO. The summed E-state index contributed by atoms with van der Waals surface area (Å²) in [5.41, 5.74) is 1.43. The number of hydrogen-bond donors (Lipinski definition) is 0. The first-order valence-electron chi connectivity index (χ1n) is 5.58. The summed E-state index contributed by atoms with van der Waals surface area (Å²) in [6, 6.07) is 1.71. The van der Waals surface area contributed by atoms with Crippen molar-refractivity contribution < 1.29 is 13.5 Å². The minimum atomic E-state index is -2.55. The highest BCUT2D eigenvalue weighted by Gasteiger charge is 2.47. The summed E-state index contributed by atoms with van der Waals surface area (Å²) in [5, 5.41) is 0.526. The predicted octanol–water partition coefficient (Wildman–Crippen LogP) is 3.82. The quantitative estimate of drug-likeness (QED) is 0.825. The molecule has 0 unspecified atom stereocenters. The van der Waals surface area contributed by atoms with Crippen LogP contribution < -0.4 is 4.74 Å². The normalized spacial score (nSPS) is 18.9. The molecule has 1 aromatic heterocycles. The molecule has 0 aromatic carbocycles. The molecule has 1 aliphatic carbocycles. The number of methoxy groups -OCH3 is 1. The van der Waals surface area contributed by atoms with E-state index in [4.69, 9.17) is 16.3 Å². The van der Waals surface area contributed by atoms with Gasteiger partial charge in [-0.25, -0.2) is 13.8 Å². The Kier molecular flexibility index (Phi) is 3.25. The van der Waals surface area contributed by atoms with Gasteiger partial charge in [-0.05, 0) is 12.5 Å². The molecule has 0 spiro atoms.